The number of ketones is 1. The van der Waals surface area contributed by atoms with Gasteiger partial charge in [0, 0.05) is 11.1 Å². The third-order valence-electron chi connectivity index (χ3n) is 3.24. The summed E-state index contributed by atoms with van der Waals surface area (Å²) in [4.78, 5) is 23.2. The zero-order chi connectivity index (χ0) is 12.7. The molecule has 18 heavy (non-hydrogen) atoms. The van der Waals surface area contributed by atoms with Crippen molar-refractivity contribution in [3.63, 3.8) is 0 Å². The third-order valence-corrected chi connectivity index (χ3v) is 3.24. The van der Waals surface area contributed by atoms with Gasteiger partial charge >= 0.3 is 5.97 Å². The molecule has 0 saturated heterocycles. The first-order valence-corrected chi connectivity index (χ1v) is 5.65. The van der Waals surface area contributed by atoms with Crippen LogP contribution in [-0.4, -0.2) is 16.9 Å². The Bertz CT molecular complexity index is 671. The van der Waals surface area contributed by atoms with Crippen LogP contribution in [0.15, 0.2) is 42.5 Å². The lowest BCUT2D eigenvalue weighted by atomic mass is 9.84. The summed E-state index contributed by atoms with van der Waals surface area (Å²) in [5, 5.41) is 8.96. The maximum absolute atomic E-state index is 12.3. The van der Waals surface area contributed by atoms with Crippen molar-refractivity contribution < 1.29 is 14.7 Å². The van der Waals surface area contributed by atoms with Crippen LogP contribution in [0.1, 0.15) is 37.4 Å². The Kier molecular flexibility index (Phi) is 2.27. The van der Waals surface area contributed by atoms with Crippen LogP contribution in [-0.2, 0) is 6.42 Å². The monoisotopic (exact) mass is 238 g/mol. The molecule has 1 aliphatic carbocycles. The Hall–Kier alpha value is -2.42. The molecule has 0 amide bonds. The van der Waals surface area contributed by atoms with Gasteiger partial charge in [0.25, 0.3) is 0 Å². The van der Waals surface area contributed by atoms with E-state index in [-0.39, 0.29) is 11.3 Å². The first-order valence-electron chi connectivity index (χ1n) is 5.65. The minimum Gasteiger partial charge on any atom is -0.478 e. The summed E-state index contributed by atoms with van der Waals surface area (Å²) >= 11 is 0. The van der Waals surface area contributed by atoms with Gasteiger partial charge in [-0.15, -0.1) is 0 Å². The minimum absolute atomic E-state index is 0.0880. The van der Waals surface area contributed by atoms with E-state index in [4.69, 9.17) is 5.11 Å². The van der Waals surface area contributed by atoms with Gasteiger partial charge in [-0.25, -0.2) is 4.79 Å². The molecule has 1 aliphatic rings. The molecule has 1 N–H and O–H groups in total. The van der Waals surface area contributed by atoms with E-state index in [1.807, 2.05) is 18.2 Å². The van der Waals surface area contributed by atoms with Gasteiger partial charge < -0.3 is 5.11 Å². The molecule has 0 aliphatic heterocycles. The van der Waals surface area contributed by atoms with E-state index in [0.29, 0.717) is 17.5 Å². The Morgan fingerprint density at radius 2 is 1.72 bits per heavy atom. The molecular formula is C15H10O3. The summed E-state index contributed by atoms with van der Waals surface area (Å²) in [6, 6.07) is 12.2. The zero-order valence-corrected chi connectivity index (χ0v) is 9.51. The van der Waals surface area contributed by atoms with Crippen molar-refractivity contribution in [3.8, 4) is 0 Å². The normalized spacial score (nSPS) is 12.8. The van der Waals surface area contributed by atoms with Gasteiger partial charge in [-0.3, -0.25) is 4.79 Å². The fraction of sp³-hybridized carbons (Fsp3) is 0.0667. The Labute approximate surface area is 104 Å². The van der Waals surface area contributed by atoms with Crippen LogP contribution in [0.4, 0.5) is 0 Å². The predicted molar refractivity (Wildman–Crippen MR) is 66.1 cm³/mol. The van der Waals surface area contributed by atoms with Crippen LogP contribution in [0, 0.1) is 0 Å². The number of hydrogen-bond acceptors (Lipinski definition) is 2. The van der Waals surface area contributed by atoms with E-state index < -0.39 is 5.97 Å². The molecule has 3 nitrogen and oxygen atoms in total. The van der Waals surface area contributed by atoms with E-state index in [1.165, 1.54) is 6.07 Å². The maximum atomic E-state index is 12.3. The van der Waals surface area contributed by atoms with Crippen LogP contribution in [0.3, 0.4) is 0 Å². The van der Waals surface area contributed by atoms with E-state index in [2.05, 4.69) is 0 Å². The number of benzene rings is 2. The number of carboxylic acid groups (broad SMARTS) is 1. The maximum Gasteiger partial charge on any atom is 0.335 e. The molecule has 0 atom stereocenters. The lowest BCUT2D eigenvalue weighted by Gasteiger charge is -2.18. The molecule has 2 aromatic carbocycles. The Morgan fingerprint density at radius 3 is 2.50 bits per heavy atom. The molecule has 3 rings (SSSR count). The Balaban J connectivity index is 2.17. The first-order chi connectivity index (χ1) is 8.66. The smallest absolute Gasteiger partial charge is 0.335 e. The lowest BCUT2D eigenvalue weighted by molar-refractivity contribution is 0.0697. The molecule has 0 saturated carbocycles. The van der Waals surface area contributed by atoms with Crippen molar-refractivity contribution in [2.24, 2.45) is 0 Å². The van der Waals surface area contributed by atoms with E-state index in [0.717, 1.165) is 11.1 Å². The second-order valence-corrected chi connectivity index (χ2v) is 4.34. The lowest BCUT2D eigenvalue weighted by Crippen LogP contribution is -2.15. The van der Waals surface area contributed by atoms with Crippen molar-refractivity contribution in [3.05, 3.63) is 70.3 Å². The van der Waals surface area contributed by atoms with Crippen molar-refractivity contribution >= 4 is 11.8 Å². The van der Waals surface area contributed by atoms with Gasteiger partial charge in [0.2, 0.25) is 0 Å². The van der Waals surface area contributed by atoms with Crippen molar-refractivity contribution in [1.82, 2.24) is 0 Å². The molecule has 0 radical (unpaired) electrons. The number of carbonyl (C=O) groups is 2. The van der Waals surface area contributed by atoms with E-state index in [1.54, 1.807) is 18.2 Å². The van der Waals surface area contributed by atoms with Crippen molar-refractivity contribution in [1.29, 1.82) is 0 Å². The number of fused-ring (bicyclic) bond motifs is 2. The topological polar surface area (TPSA) is 54.4 Å². The number of carbonyl (C=O) groups excluding carboxylic acids is 1. The molecule has 0 heterocycles. The zero-order valence-electron chi connectivity index (χ0n) is 9.51. The first kappa shape index (κ1) is 10.7. The van der Waals surface area contributed by atoms with Crippen LogP contribution in [0.25, 0.3) is 0 Å². The fourth-order valence-corrected chi connectivity index (χ4v) is 2.32. The highest BCUT2D eigenvalue weighted by Gasteiger charge is 2.23. The number of rotatable bonds is 1. The SMILES string of the molecule is O=C(O)c1ccc2c(c1)C(=O)c1ccccc1C2. The molecule has 0 bridgehead atoms. The van der Waals surface area contributed by atoms with Crippen molar-refractivity contribution in [2.45, 2.75) is 6.42 Å². The second kappa shape index (κ2) is 3.81. The van der Waals surface area contributed by atoms with E-state index >= 15 is 0 Å². The molecule has 0 unspecified atom stereocenters. The third kappa shape index (κ3) is 1.52. The number of aromatic carboxylic acids is 1. The highest BCUT2D eigenvalue weighted by atomic mass is 16.4. The molecular weight excluding hydrogens is 228 g/mol. The highest BCUT2D eigenvalue weighted by molar-refractivity contribution is 6.13. The largest absolute Gasteiger partial charge is 0.478 e. The standard InChI is InChI=1S/C15H10O3/c16-14-12-4-2-1-3-9(12)7-10-5-6-11(15(17)18)8-13(10)14/h1-6,8H,7H2,(H,17,18). The fourth-order valence-electron chi connectivity index (χ4n) is 2.32. The summed E-state index contributed by atoms with van der Waals surface area (Å²) in [6.07, 6.45) is 0.678. The van der Waals surface area contributed by atoms with Crippen molar-refractivity contribution in [2.75, 3.05) is 0 Å². The average Bonchev–Trinajstić information content (AvgIpc) is 2.38. The molecule has 0 spiro atoms. The van der Waals surface area contributed by atoms with Gasteiger partial charge in [-0.2, -0.15) is 0 Å². The number of carboxylic acids is 1. The Morgan fingerprint density at radius 1 is 1.00 bits per heavy atom. The molecule has 2 aromatic rings. The van der Waals surface area contributed by atoms with Gasteiger partial charge in [0.05, 0.1) is 5.56 Å². The average molecular weight is 238 g/mol. The summed E-state index contributed by atoms with van der Waals surface area (Å²) in [6.45, 7) is 0. The summed E-state index contributed by atoms with van der Waals surface area (Å²) < 4.78 is 0. The van der Waals surface area contributed by atoms with Gasteiger partial charge in [0.15, 0.2) is 5.78 Å². The van der Waals surface area contributed by atoms with Crippen LogP contribution < -0.4 is 0 Å². The van der Waals surface area contributed by atoms with Gasteiger partial charge in [0.1, 0.15) is 0 Å². The van der Waals surface area contributed by atoms with Crippen LogP contribution >= 0.6 is 0 Å². The van der Waals surface area contributed by atoms with Gasteiger partial charge in [-0.05, 0) is 29.7 Å². The molecule has 3 heteroatoms. The van der Waals surface area contributed by atoms with Crippen LogP contribution in [0.5, 0.6) is 0 Å². The highest BCUT2D eigenvalue weighted by Crippen LogP contribution is 2.27. The quantitative estimate of drug-likeness (QED) is 0.708. The molecule has 88 valence electrons. The molecule has 0 aromatic heterocycles. The van der Waals surface area contributed by atoms with Gasteiger partial charge in [-0.1, -0.05) is 30.3 Å². The minimum atomic E-state index is -1.01. The van der Waals surface area contributed by atoms with E-state index in [9.17, 15) is 9.59 Å². The summed E-state index contributed by atoms with van der Waals surface area (Å²) in [7, 11) is 0. The molecule has 0 fully saturated rings. The second-order valence-electron chi connectivity index (χ2n) is 4.34. The summed E-state index contributed by atoms with van der Waals surface area (Å²) in [5.41, 5.74) is 3.23. The predicted octanol–water partition coefficient (Wildman–Crippen LogP) is 2.52. The summed E-state index contributed by atoms with van der Waals surface area (Å²) in [5.74, 6) is -1.10. The van der Waals surface area contributed by atoms with Crippen LogP contribution in [0.2, 0.25) is 0 Å². The number of hydrogen-bond donors (Lipinski definition) is 1.